The van der Waals surface area contributed by atoms with Crippen LogP contribution in [0.25, 0.3) is 22.9 Å². The van der Waals surface area contributed by atoms with Gasteiger partial charge in [0.1, 0.15) is 12.4 Å². The van der Waals surface area contributed by atoms with Crippen LogP contribution in [0.3, 0.4) is 0 Å². The Hall–Kier alpha value is -6.08. The Morgan fingerprint density at radius 2 is 1.92 bits per heavy atom. The predicted molar refractivity (Wildman–Crippen MR) is 196 cm³/mol. The summed E-state index contributed by atoms with van der Waals surface area (Å²) in [5.74, 6) is -0.325. The summed E-state index contributed by atoms with van der Waals surface area (Å²) >= 11 is 6.29. The number of nitrogens with zero attached hydrogens (tertiary/aromatic N) is 5. The summed E-state index contributed by atoms with van der Waals surface area (Å²) < 4.78 is 6.31. The van der Waals surface area contributed by atoms with Gasteiger partial charge in [0.05, 0.1) is 24.0 Å². The van der Waals surface area contributed by atoms with Gasteiger partial charge in [0, 0.05) is 46.3 Å². The molecule has 0 saturated heterocycles. The number of hydrogen-bond acceptors (Lipinski definition) is 9. The van der Waals surface area contributed by atoms with Gasteiger partial charge in [-0.25, -0.2) is 4.79 Å². The van der Waals surface area contributed by atoms with Crippen molar-refractivity contribution in [2.75, 3.05) is 17.7 Å². The number of tetrazole rings is 1. The first kappa shape index (κ1) is 34.4. The lowest BCUT2D eigenvalue weighted by Crippen LogP contribution is -2.40. The fraction of sp³-hybridized carbons (Fsp3) is 0.237. The standard InChI is InChI=1S/C38H36ClN9O4/c1-52-37(51)43-29-12-13-30-25-16-17-40-34(19-25)38(45-35(49)15-10-26-18-28(39)11-14-33(26)48-23-42-46-47-48)21-27(38)8-5-9-31(44-32(30)20-29)36(50)41-22-24-6-3-2-4-7-24/h2-4,6-7,10-20,23,27,31,44H,5,8-9,21-22H2,1H3,(H,41,50)(H,43,51)(H,45,49)/b15-10+/t27-,31-,38?/m1/s1. The van der Waals surface area contributed by atoms with Crippen molar-refractivity contribution >= 4 is 47.0 Å². The van der Waals surface area contributed by atoms with Crippen LogP contribution in [0.5, 0.6) is 0 Å². The molecular formula is C38H36ClN9O4. The molecule has 3 amide bonds. The van der Waals surface area contributed by atoms with Gasteiger partial charge in [-0.2, -0.15) is 4.68 Å². The van der Waals surface area contributed by atoms with Gasteiger partial charge in [-0.05, 0) is 95.3 Å². The summed E-state index contributed by atoms with van der Waals surface area (Å²) in [6.07, 6.45) is 8.46. The number of nitrogens with one attached hydrogen (secondary N) is 4. The fourth-order valence-corrected chi connectivity index (χ4v) is 6.89. The molecule has 1 fully saturated rings. The lowest BCUT2D eigenvalue weighted by atomic mass is 9.96. The maximum Gasteiger partial charge on any atom is 0.411 e. The number of amides is 3. The molecule has 2 aromatic heterocycles. The molecule has 3 aromatic carbocycles. The van der Waals surface area contributed by atoms with E-state index in [1.807, 2.05) is 48.5 Å². The monoisotopic (exact) mass is 717 g/mol. The molecule has 1 unspecified atom stereocenters. The molecule has 52 heavy (non-hydrogen) atoms. The normalized spacial score (nSPS) is 19.1. The number of hydrogen-bond donors (Lipinski definition) is 4. The van der Waals surface area contributed by atoms with Crippen LogP contribution in [-0.4, -0.2) is 56.3 Å². The SMILES string of the molecule is COC(=O)Nc1ccc2c(c1)N[C@@H](C(=O)NCc1ccccc1)CCC[C@@H]1CC1(NC(=O)/C=C/c1cc(Cl)ccc1-n1cnnn1)c1cc-2ccn1. The van der Waals surface area contributed by atoms with Gasteiger partial charge in [0.15, 0.2) is 0 Å². The van der Waals surface area contributed by atoms with Crippen molar-refractivity contribution in [2.45, 2.75) is 43.8 Å². The van der Waals surface area contributed by atoms with Crippen molar-refractivity contribution in [3.8, 4) is 16.8 Å². The van der Waals surface area contributed by atoms with Gasteiger partial charge in [-0.1, -0.05) is 54.4 Å². The van der Waals surface area contributed by atoms with Crippen molar-refractivity contribution in [2.24, 2.45) is 5.92 Å². The minimum Gasteiger partial charge on any atom is -0.453 e. The summed E-state index contributed by atoms with van der Waals surface area (Å²) in [6.45, 7) is 0.389. The lowest BCUT2D eigenvalue weighted by Gasteiger charge is -2.25. The first-order valence-electron chi connectivity index (χ1n) is 16.9. The average molecular weight is 718 g/mol. The first-order valence-corrected chi connectivity index (χ1v) is 17.3. The zero-order chi connectivity index (χ0) is 36.1. The average Bonchev–Trinajstić information content (AvgIpc) is 3.56. The van der Waals surface area contributed by atoms with Crippen molar-refractivity contribution in [1.29, 1.82) is 0 Å². The van der Waals surface area contributed by atoms with Crippen molar-refractivity contribution in [1.82, 2.24) is 35.8 Å². The fourth-order valence-electron chi connectivity index (χ4n) is 6.71. The first-order chi connectivity index (χ1) is 25.3. The highest BCUT2D eigenvalue weighted by Gasteiger charge is 2.57. The van der Waals surface area contributed by atoms with E-state index in [0.29, 0.717) is 53.5 Å². The molecule has 3 atom stereocenters. The van der Waals surface area contributed by atoms with E-state index in [9.17, 15) is 14.4 Å². The molecule has 1 aliphatic heterocycles. The molecule has 2 aliphatic rings. The second-order valence-corrected chi connectivity index (χ2v) is 13.2. The largest absolute Gasteiger partial charge is 0.453 e. The van der Waals surface area contributed by atoms with Gasteiger partial charge >= 0.3 is 6.09 Å². The highest BCUT2D eigenvalue weighted by molar-refractivity contribution is 6.30. The summed E-state index contributed by atoms with van der Waals surface area (Å²) in [7, 11) is 1.30. The second kappa shape index (κ2) is 15.0. The van der Waals surface area contributed by atoms with E-state index >= 15 is 0 Å². The highest BCUT2D eigenvalue weighted by atomic mass is 35.5. The number of benzene rings is 3. The number of anilines is 2. The van der Waals surface area contributed by atoms with E-state index in [4.69, 9.17) is 21.3 Å². The summed E-state index contributed by atoms with van der Waals surface area (Å²) in [6, 6.07) is 23.7. The van der Waals surface area contributed by atoms with E-state index < -0.39 is 17.7 Å². The maximum absolute atomic E-state index is 13.7. The summed E-state index contributed by atoms with van der Waals surface area (Å²) in [4.78, 5) is 44.2. The minimum atomic E-state index is -0.700. The summed E-state index contributed by atoms with van der Waals surface area (Å²) in [5.41, 5.74) is 5.16. The third-order valence-corrected chi connectivity index (χ3v) is 9.67. The molecule has 1 saturated carbocycles. The predicted octanol–water partition coefficient (Wildman–Crippen LogP) is 5.88. The highest BCUT2D eigenvalue weighted by Crippen LogP contribution is 2.54. The Kier molecular flexibility index (Phi) is 9.94. The van der Waals surface area contributed by atoms with Crippen LogP contribution in [0.2, 0.25) is 5.02 Å². The third kappa shape index (κ3) is 7.64. The minimum absolute atomic E-state index is 0.106. The van der Waals surface area contributed by atoms with Crippen LogP contribution >= 0.6 is 11.6 Å². The zero-order valence-electron chi connectivity index (χ0n) is 28.3. The Morgan fingerprint density at radius 3 is 2.73 bits per heavy atom. The van der Waals surface area contributed by atoms with Crippen LogP contribution in [0.1, 0.15) is 42.5 Å². The molecule has 2 bridgehead atoms. The number of methoxy groups -OCH3 is 1. The molecule has 4 N–H and O–H groups in total. The number of ether oxygens (including phenoxy) is 1. The molecule has 0 radical (unpaired) electrons. The van der Waals surface area contributed by atoms with Crippen molar-refractivity contribution in [3.63, 3.8) is 0 Å². The molecule has 264 valence electrons. The number of rotatable bonds is 8. The zero-order valence-corrected chi connectivity index (χ0v) is 29.0. The lowest BCUT2D eigenvalue weighted by molar-refractivity contribution is -0.122. The number of aromatic nitrogens is 5. The molecule has 3 heterocycles. The van der Waals surface area contributed by atoms with Crippen LogP contribution in [0, 0.1) is 5.92 Å². The van der Waals surface area contributed by atoms with Gasteiger partial charge in [-0.3, -0.25) is 19.9 Å². The Bertz CT molecular complexity index is 2130. The number of fused-ring (bicyclic) bond motifs is 6. The molecule has 1 aliphatic carbocycles. The number of pyridine rings is 1. The number of carbonyl (C=O) groups is 3. The summed E-state index contributed by atoms with van der Waals surface area (Å²) in [5, 5.41) is 24.5. The van der Waals surface area contributed by atoms with Crippen LogP contribution in [-0.2, 0) is 26.4 Å². The smallest absolute Gasteiger partial charge is 0.411 e. The number of carbonyl (C=O) groups excluding carboxylic acids is 3. The van der Waals surface area contributed by atoms with Gasteiger partial charge in [-0.15, -0.1) is 5.10 Å². The third-order valence-electron chi connectivity index (χ3n) is 9.43. The van der Waals surface area contributed by atoms with E-state index in [1.54, 1.807) is 42.6 Å². The number of halogens is 1. The molecule has 0 spiro atoms. The second-order valence-electron chi connectivity index (χ2n) is 12.8. The topological polar surface area (TPSA) is 165 Å². The molecule has 5 aromatic rings. The van der Waals surface area contributed by atoms with Crippen molar-refractivity contribution < 1.29 is 19.1 Å². The van der Waals surface area contributed by atoms with Crippen LogP contribution < -0.4 is 21.3 Å². The van der Waals surface area contributed by atoms with Crippen LogP contribution in [0.15, 0.2) is 97.5 Å². The molecule has 13 nitrogen and oxygen atoms in total. The van der Waals surface area contributed by atoms with Gasteiger partial charge in [0.2, 0.25) is 11.8 Å². The molecule has 7 rings (SSSR count). The van der Waals surface area contributed by atoms with E-state index in [0.717, 1.165) is 28.8 Å². The van der Waals surface area contributed by atoms with Crippen molar-refractivity contribution in [3.05, 3.63) is 119 Å². The van der Waals surface area contributed by atoms with Gasteiger partial charge < -0.3 is 20.7 Å². The Morgan fingerprint density at radius 1 is 1.06 bits per heavy atom. The van der Waals surface area contributed by atoms with Gasteiger partial charge in [0.25, 0.3) is 0 Å². The molecule has 14 heteroatoms. The quantitative estimate of drug-likeness (QED) is 0.143. The maximum atomic E-state index is 13.7. The Balaban J connectivity index is 1.19. The van der Waals surface area contributed by atoms with E-state index in [2.05, 4.69) is 36.8 Å². The van der Waals surface area contributed by atoms with E-state index in [-0.39, 0.29) is 17.7 Å². The molecular weight excluding hydrogens is 682 g/mol. The Labute approximate surface area is 304 Å². The van der Waals surface area contributed by atoms with Crippen LogP contribution in [0.4, 0.5) is 16.2 Å². The van der Waals surface area contributed by atoms with E-state index in [1.165, 1.54) is 24.2 Å².